The predicted molar refractivity (Wildman–Crippen MR) is 78.0 cm³/mol. The second kappa shape index (κ2) is 5.72. The molecule has 0 aromatic carbocycles. The first-order valence-electron chi connectivity index (χ1n) is 7.21. The van der Waals surface area contributed by atoms with Crippen LogP contribution in [-0.4, -0.2) is 41.0 Å². The van der Waals surface area contributed by atoms with Crippen LogP contribution in [0.15, 0.2) is 24.5 Å². The third-order valence-electron chi connectivity index (χ3n) is 4.10. The van der Waals surface area contributed by atoms with Crippen molar-refractivity contribution < 1.29 is 0 Å². The van der Waals surface area contributed by atoms with E-state index in [1.807, 2.05) is 12.3 Å². The van der Waals surface area contributed by atoms with Crippen LogP contribution in [0.5, 0.6) is 0 Å². The molecule has 2 aromatic heterocycles. The summed E-state index contributed by atoms with van der Waals surface area (Å²) in [5.74, 6) is 0.809. The van der Waals surface area contributed by atoms with E-state index in [9.17, 15) is 0 Å². The van der Waals surface area contributed by atoms with E-state index in [-0.39, 0.29) is 0 Å². The highest BCUT2D eigenvalue weighted by molar-refractivity contribution is 5.79. The van der Waals surface area contributed by atoms with Gasteiger partial charge in [-0.2, -0.15) is 0 Å². The van der Waals surface area contributed by atoms with Crippen LogP contribution in [0.2, 0.25) is 0 Å². The van der Waals surface area contributed by atoms with E-state index in [0.717, 1.165) is 24.7 Å². The van der Waals surface area contributed by atoms with Gasteiger partial charge >= 0.3 is 0 Å². The molecule has 4 nitrogen and oxygen atoms in total. The normalized spacial score (nSPS) is 20.4. The summed E-state index contributed by atoms with van der Waals surface area (Å²) < 4.78 is 0. The first-order chi connectivity index (χ1) is 9.36. The van der Waals surface area contributed by atoms with Gasteiger partial charge in [-0.25, -0.2) is 4.98 Å². The van der Waals surface area contributed by atoms with E-state index >= 15 is 0 Å². The lowest BCUT2D eigenvalue weighted by molar-refractivity contribution is 0.339. The van der Waals surface area contributed by atoms with Gasteiger partial charge < -0.3 is 15.2 Å². The number of fused-ring (bicyclic) bond motifs is 1. The maximum Gasteiger partial charge on any atom is 0.137 e. The van der Waals surface area contributed by atoms with Crippen LogP contribution >= 0.6 is 0 Å². The predicted octanol–water partition coefficient (Wildman–Crippen LogP) is 1.99. The van der Waals surface area contributed by atoms with Gasteiger partial charge in [0.25, 0.3) is 0 Å². The van der Waals surface area contributed by atoms with Crippen molar-refractivity contribution in [1.29, 1.82) is 0 Å². The third kappa shape index (κ3) is 2.80. The maximum absolute atomic E-state index is 4.32. The van der Waals surface area contributed by atoms with Crippen molar-refractivity contribution in [3.63, 3.8) is 0 Å². The summed E-state index contributed by atoms with van der Waals surface area (Å²) in [5, 5.41) is 4.83. The lowest BCUT2D eigenvalue weighted by Crippen LogP contribution is -2.26. The third-order valence-corrected chi connectivity index (χ3v) is 4.10. The molecule has 2 N–H and O–H groups in total. The Bertz CT molecular complexity index is 534. The number of H-pyrrole nitrogens is 1. The SMILES string of the molecule is CCN1CCC(CNCc2c[nH]c3ncccc23)C1. The molecule has 0 spiro atoms. The van der Waals surface area contributed by atoms with Crippen LogP contribution in [0.4, 0.5) is 0 Å². The number of likely N-dealkylation sites (tertiary alicyclic amines) is 1. The fourth-order valence-corrected chi connectivity index (χ4v) is 2.94. The lowest BCUT2D eigenvalue weighted by Gasteiger charge is -2.13. The lowest BCUT2D eigenvalue weighted by atomic mass is 10.1. The van der Waals surface area contributed by atoms with Crippen molar-refractivity contribution in [3.8, 4) is 0 Å². The quantitative estimate of drug-likeness (QED) is 0.862. The molecule has 1 atom stereocenters. The zero-order chi connectivity index (χ0) is 13.1. The van der Waals surface area contributed by atoms with Gasteiger partial charge in [0, 0.05) is 30.9 Å². The molecule has 0 aliphatic carbocycles. The number of rotatable bonds is 5. The Kier molecular flexibility index (Phi) is 3.80. The molecular formula is C15H22N4. The second-order valence-corrected chi connectivity index (χ2v) is 5.39. The van der Waals surface area contributed by atoms with E-state index in [4.69, 9.17) is 0 Å². The van der Waals surface area contributed by atoms with Crippen LogP contribution in [0.25, 0.3) is 11.0 Å². The molecule has 0 amide bonds. The minimum atomic E-state index is 0.809. The van der Waals surface area contributed by atoms with Crippen LogP contribution in [0.3, 0.4) is 0 Å². The number of pyridine rings is 1. The van der Waals surface area contributed by atoms with Crippen molar-refractivity contribution in [2.75, 3.05) is 26.2 Å². The Morgan fingerprint density at radius 1 is 1.53 bits per heavy atom. The smallest absolute Gasteiger partial charge is 0.137 e. The fourth-order valence-electron chi connectivity index (χ4n) is 2.94. The van der Waals surface area contributed by atoms with Crippen molar-refractivity contribution in [1.82, 2.24) is 20.2 Å². The molecule has 0 radical (unpaired) electrons. The van der Waals surface area contributed by atoms with Crippen LogP contribution in [0.1, 0.15) is 18.9 Å². The fraction of sp³-hybridized carbons (Fsp3) is 0.533. The van der Waals surface area contributed by atoms with Gasteiger partial charge in [-0.3, -0.25) is 0 Å². The molecule has 1 saturated heterocycles. The molecule has 102 valence electrons. The van der Waals surface area contributed by atoms with Gasteiger partial charge in [-0.15, -0.1) is 0 Å². The number of aromatic nitrogens is 2. The summed E-state index contributed by atoms with van der Waals surface area (Å²) in [5.41, 5.74) is 2.30. The summed E-state index contributed by atoms with van der Waals surface area (Å²) in [4.78, 5) is 10.1. The molecule has 1 unspecified atom stereocenters. The largest absolute Gasteiger partial charge is 0.346 e. The molecule has 3 rings (SSSR count). The molecule has 1 aliphatic rings. The molecular weight excluding hydrogens is 236 g/mol. The van der Waals surface area contributed by atoms with Gasteiger partial charge in [-0.05, 0) is 49.7 Å². The van der Waals surface area contributed by atoms with Crippen LogP contribution in [0, 0.1) is 5.92 Å². The van der Waals surface area contributed by atoms with Gasteiger partial charge in [0.15, 0.2) is 0 Å². The van der Waals surface area contributed by atoms with Gasteiger partial charge in [0.05, 0.1) is 0 Å². The highest BCUT2D eigenvalue weighted by Crippen LogP contribution is 2.17. The molecule has 4 heteroatoms. The Labute approximate surface area is 114 Å². The highest BCUT2D eigenvalue weighted by atomic mass is 15.1. The Morgan fingerprint density at radius 3 is 3.32 bits per heavy atom. The van der Waals surface area contributed by atoms with E-state index < -0.39 is 0 Å². The van der Waals surface area contributed by atoms with Crippen LogP contribution in [-0.2, 0) is 6.54 Å². The topological polar surface area (TPSA) is 44.0 Å². The van der Waals surface area contributed by atoms with E-state index in [0.29, 0.717) is 0 Å². The van der Waals surface area contributed by atoms with Crippen molar-refractivity contribution in [2.45, 2.75) is 19.9 Å². The van der Waals surface area contributed by atoms with Crippen LogP contribution < -0.4 is 5.32 Å². The molecule has 3 heterocycles. The first kappa shape index (κ1) is 12.6. The molecule has 1 aliphatic heterocycles. The van der Waals surface area contributed by atoms with Gasteiger partial charge in [0.2, 0.25) is 0 Å². The van der Waals surface area contributed by atoms with Crippen molar-refractivity contribution in [3.05, 3.63) is 30.1 Å². The monoisotopic (exact) mass is 258 g/mol. The first-order valence-corrected chi connectivity index (χ1v) is 7.21. The van der Waals surface area contributed by atoms with Crippen molar-refractivity contribution in [2.24, 2.45) is 5.92 Å². The number of nitrogens with one attached hydrogen (secondary N) is 2. The zero-order valence-corrected chi connectivity index (χ0v) is 11.5. The van der Waals surface area contributed by atoms with Crippen molar-refractivity contribution >= 4 is 11.0 Å². The average Bonchev–Trinajstić information content (AvgIpc) is 3.06. The Hall–Kier alpha value is -1.39. The molecule has 1 fully saturated rings. The van der Waals surface area contributed by atoms with Gasteiger partial charge in [0.1, 0.15) is 5.65 Å². The van der Waals surface area contributed by atoms with E-state index in [1.165, 1.54) is 37.0 Å². The molecule has 0 bridgehead atoms. The average molecular weight is 258 g/mol. The summed E-state index contributed by atoms with van der Waals surface area (Å²) in [6.07, 6.45) is 5.22. The number of nitrogens with zero attached hydrogens (tertiary/aromatic N) is 2. The number of aromatic amines is 1. The summed E-state index contributed by atoms with van der Waals surface area (Å²) in [6.45, 7) is 7.98. The zero-order valence-electron chi connectivity index (χ0n) is 11.5. The number of hydrogen-bond donors (Lipinski definition) is 2. The highest BCUT2D eigenvalue weighted by Gasteiger charge is 2.20. The van der Waals surface area contributed by atoms with E-state index in [1.54, 1.807) is 0 Å². The second-order valence-electron chi connectivity index (χ2n) is 5.39. The standard InChI is InChI=1S/C15H22N4/c1-2-19-7-5-12(11-19)8-16-9-13-10-18-15-14(13)4-3-6-17-15/h3-4,6,10,12,16H,2,5,7-9,11H2,1H3,(H,17,18). The minimum Gasteiger partial charge on any atom is -0.346 e. The Balaban J connectivity index is 1.53. The molecule has 19 heavy (non-hydrogen) atoms. The van der Waals surface area contributed by atoms with Gasteiger partial charge in [-0.1, -0.05) is 6.92 Å². The number of hydrogen-bond acceptors (Lipinski definition) is 3. The van der Waals surface area contributed by atoms with E-state index in [2.05, 4.69) is 39.4 Å². The minimum absolute atomic E-state index is 0.809. The Morgan fingerprint density at radius 2 is 2.47 bits per heavy atom. The summed E-state index contributed by atoms with van der Waals surface area (Å²) in [7, 11) is 0. The maximum atomic E-state index is 4.32. The molecule has 2 aromatic rings. The molecule has 0 saturated carbocycles. The summed E-state index contributed by atoms with van der Waals surface area (Å²) >= 11 is 0. The summed E-state index contributed by atoms with van der Waals surface area (Å²) in [6, 6.07) is 4.13.